The maximum absolute atomic E-state index is 6.13. The maximum Gasteiger partial charge on any atom is 0.202 e. The summed E-state index contributed by atoms with van der Waals surface area (Å²) >= 11 is 1.78. The summed E-state index contributed by atoms with van der Waals surface area (Å²) in [5.74, 6) is 0.576. The quantitative estimate of drug-likeness (QED) is 0.803. The Morgan fingerprint density at radius 1 is 1.45 bits per heavy atom. The molecule has 0 aliphatic carbocycles. The molecule has 5 nitrogen and oxygen atoms in total. The molecule has 0 aromatic carbocycles. The second-order valence-corrected chi connectivity index (χ2v) is 6.10. The van der Waals surface area contributed by atoms with Gasteiger partial charge >= 0.3 is 0 Å². The number of hydrogen-bond acceptors (Lipinski definition) is 4. The van der Waals surface area contributed by atoms with Gasteiger partial charge in [0, 0.05) is 24.4 Å². The molecular formula is C14H19N5S. The lowest BCUT2D eigenvalue weighted by Gasteiger charge is -2.15. The van der Waals surface area contributed by atoms with Gasteiger partial charge in [-0.05, 0) is 24.8 Å². The Hall–Kier alpha value is -1.82. The van der Waals surface area contributed by atoms with Crippen LogP contribution in [0.15, 0.2) is 17.5 Å². The highest BCUT2D eigenvalue weighted by atomic mass is 32.1. The molecule has 3 rings (SSSR count). The zero-order chi connectivity index (χ0) is 14.3. The van der Waals surface area contributed by atoms with Crippen molar-refractivity contribution in [2.24, 2.45) is 7.05 Å². The van der Waals surface area contributed by atoms with Gasteiger partial charge in [0.25, 0.3) is 0 Å². The monoisotopic (exact) mass is 289 g/mol. The van der Waals surface area contributed by atoms with E-state index >= 15 is 0 Å². The molecule has 0 aliphatic heterocycles. The molecule has 0 amide bonds. The van der Waals surface area contributed by atoms with E-state index in [1.807, 2.05) is 11.7 Å². The number of aryl methyl sites for hydroxylation is 2. The van der Waals surface area contributed by atoms with Crippen LogP contribution in [0.25, 0.3) is 11.2 Å². The van der Waals surface area contributed by atoms with E-state index in [-0.39, 0.29) is 6.04 Å². The molecule has 0 aliphatic rings. The first-order valence-corrected chi connectivity index (χ1v) is 7.71. The summed E-state index contributed by atoms with van der Waals surface area (Å²) in [4.78, 5) is 5.87. The lowest BCUT2D eigenvalue weighted by molar-refractivity contribution is 0.555. The zero-order valence-corrected chi connectivity index (χ0v) is 12.8. The van der Waals surface area contributed by atoms with Crippen LogP contribution in [0.2, 0.25) is 0 Å². The third-order valence-corrected chi connectivity index (χ3v) is 4.51. The molecule has 0 fully saturated rings. The standard InChI is InChI=1S/C14H19N5S/c1-4-11-12-13(18(3)17-11)19(14(15)16-12)9(2)8-10-6-5-7-20-10/h5-7,9H,4,8H2,1-3H3,(H2,15,16). The predicted molar refractivity (Wildman–Crippen MR) is 83.0 cm³/mol. The molecule has 0 saturated heterocycles. The second kappa shape index (κ2) is 4.94. The smallest absolute Gasteiger partial charge is 0.202 e. The van der Waals surface area contributed by atoms with Gasteiger partial charge in [0.05, 0.1) is 5.69 Å². The van der Waals surface area contributed by atoms with Crippen LogP contribution in [-0.2, 0) is 19.9 Å². The summed E-state index contributed by atoms with van der Waals surface area (Å²) < 4.78 is 3.99. The van der Waals surface area contributed by atoms with E-state index in [1.54, 1.807) is 11.3 Å². The molecule has 106 valence electrons. The molecular weight excluding hydrogens is 270 g/mol. The van der Waals surface area contributed by atoms with E-state index in [0.29, 0.717) is 5.95 Å². The summed E-state index contributed by atoms with van der Waals surface area (Å²) in [5, 5.41) is 6.64. The second-order valence-electron chi connectivity index (χ2n) is 5.07. The first-order chi connectivity index (χ1) is 9.61. The van der Waals surface area contributed by atoms with E-state index in [1.165, 1.54) is 4.88 Å². The fourth-order valence-corrected chi connectivity index (χ4v) is 3.53. The number of nitrogens with zero attached hydrogens (tertiary/aromatic N) is 4. The molecule has 3 aromatic heterocycles. The number of thiophene rings is 1. The predicted octanol–water partition coefficient (Wildman–Crippen LogP) is 2.78. The fourth-order valence-electron chi connectivity index (χ4n) is 2.70. The van der Waals surface area contributed by atoms with Crippen LogP contribution in [0.1, 0.15) is 30.5 Å². The molecule has 2 N–H and O–H groups in total. The number of nitrogen functional groups attached to an aromatic ring is 1. The Morgan fingerprint density at radius 3 is 2.90 bits per heavy atom. The van der Waals surface area contributed by atoms with Crippen molar-refractivity contribution < 1.29 is 0 Å². The van der Waals surface area contributed by atoms with Crippen LogP contribution in [0.3, 0.4) is 0 Å². The van der Waals surface area contributed by atoms with Crippen molar-refractivity contribution in [2.45, 2.75) is 32.7 Å². The van der Waals surface area contributed by atoms with Gasteiger partial charge in [0.2, 0.25) is 5.95 Å². The first-order valence-electron chi connectivity index (χ1n) is 6.83. The molecule has 0 saturated carbocycles. The van der Waals surface area contributed by atoms with E-state index < -0.39 is 0 Å². The van der Waals surface area contributed by atoms with Crippen molar-refractivity contribution in [1.82, 2.24) is 19.3 Å². The lowest BCUT2D eigenvalue weighted by atomic mass is 10.2. The Labute approximate surface area is 122 Å². The van der Waals surface area contributed by atoms with Gasteiger partial charge in [-0.1, -0.05) is 13.0 Å². The number of anilines is 1. The largest absolute Gasteiger partial charge is 0.369 e. The average Bonchev–Trinajstić information content (AvgIpc) is 3.08. The van der Waals surface area contributed by atoms with Crippen LogP contribution in [0, 0.1) is 0 Å². The van der Waals surface area contributed by atoms with Crippen molar-refractivity contribution in [3.8, 4) is 0 Å². The van der Waals surface area contributed by atoms with Crippen LogP contribution < -0.4 is 5.73 Å². The van der Waals surface area contributed by atoms with Gasteiger partial charge in [-0.15, -0.1) is 11.3 Å². The summed E-state index contributed by atoms with van der Waals surface area (Å²) in [5.41, 5.74) is 9.10. The van der Waals surface area contributed by atoms with Gasteiger partial charge in [-0.25, -0.2) is 4.98 Å². The SMILES string of the molecule is CCc1nn(C)c2c1nc(N)n2C(C)Cc1cccs1. The first kappa shape index (κ1) is 13.2. The van der Waals surface area contributed by atoms with Crippen LogP contribution in [-0.4, -0.2) is 19.3 Å². The molecule has 0 spiro atoms. The minimum atomic E-state index is 0.263. The highest BCUT2D eigenvalue weighted by Gasteiger charge is 2.20. The van der Waals surface area contributed by atoms with Crippen molar-refractivity contribution in [3.05, 3.63) is 28.1 Å². The maximum atomic E-state index is 6.13. The van der Waals surface area contributed by atoms with Gasteiger partial charge in [-0.3, -0.25) is 9.25 Å². The third-order valence-electron chi connectivity index (χ3n) is 3.62. The van der Waals surface area contributed by atoms with E-state index in [0.717, 1.165) is 29.7 Å². The fraction of sp³-hybridized carbons (Fsp3) is 0.429. The Morgan fingerprint density at radius 2 is 2.25 bits per heavy atom. The van der Waals surface area contributed by atoms with Gasteiger partial charge in [0.1, 0.15) is 5.52 Å². The number of imidazole rings is 1. The average molecular weight is 289 g/mol. The van der Waals surface area contributed by atoms with Crippen molar-refractivity contribution in [1.29, 1.82) is 0 Å². The van der Waals surface area contributed by atoms with Crippen molar-refractivity contribution >= 4 is 28.4 Å². The molecule has 0 radical (unpaired) electrons. The number of hydrogen-bond donors (Lipinski definition) is 1. The van der Waals surface area contributed by atoms with Gasteiger partial charge < -0.3 is 5.73 Å². The number of nitrogens with two attached hydrogens (primary N) is 1. The summed E-state index contributed by atoms with van der Waals surface area (Å²) in [6.45, 7) is 4.27. The van der Waals surface area contributed by atoms with E-state index in [2.05, 4.69) is 46.0 Å². The zero-order valence-electron chi connectivity index (χ0n) is 12.0. The topological polar surface area (TPSA) is 61.7 Å². The number of rotatable bonds is 4. The molecule has 1 atom stereocenters. The molecule has 6 heteroatoms. The number of aromatic nitrogens is 4. The summed E-state index contributed by atoms with van der Waals surface area (Å²) in [6.07, 6.45) is 1.83. The van der Waals surface area contributed by atoms with Gasteiger partial charge in [0.15, 0.2) is 5.65 Å². The highest BCUT2D eigenvalue weighted by Crippen LogP contribution is 2.27. The minimum Gasteiger partial charge on any atom is -0.369 e. The highest BCUT2D eigenvalue weighted by molar-refractivity contribution is 7.09. The Balaban J connectivity index is 2.06. The summed E-state index contributed by atoms with van der Waals surface area (Å²) in [7, 11) is 1.96. The van der Waals surface area contributed by atoms with E-state index in [9.17, 15) is 0 Å². The van der Waals surface area contributed by atoms with E-state index in [4.69, 9.17) is 5.73 Å². The van der Waals surface area contributed by atoms with Crippen LogP contribution in [0.4, 0.5) is 5.95 Å². The summed E-state index contributed by atoms with van der Waals surface area (Å²) in [6, 6.07) is 4.50. The van der Waals surface area contributed by atoms with Crippen LogP contribution in [0.5, 0.6) is 0 Å². The molecule has 20 heavy (non-hydrogen) atoms. The molecule has 3 aromatic rings. The lowest BCUT2D eigenvalue weighted by Crippen LogP contribution is -2.13. The Bertz CT molecular complexity index is 722. The van der Waals surface area contributed by atoms with Crippen LogP contribution >= 0.6 is 11.3 Å². The normalized spacial score (nSPS) is 13.2. The Kier molecular flexibility index (Phi) is 3.25. The number of fused-ring (bicyclic) bond motifs is 1. The van der Waals surface area contributed by atoms with Gasteiger partial charge in [-0.2, -0.15) is 5.10 Å². The van der Waals surface area contributed by atoms with Crippen molar-refractivity contribution in [3.63, 3.8) is 0 Å². The third kappa shape index (κ3) is 2.00. The minimum absolute atomic E-state index is 0.263. The molecule has 3 heterocycles. The molecule has 1 unspecified atom stereocenters. The van der Waals surface area contributed by atoms with Crippen molar-refractivity contribution in [2.75, 3.05) is 5.73 Å². The molecule has 0 bridgehead atoms.